The van der Waals surface area contributed by atoms with Crippen LogP contribution in [0.3, 0.4) is 0 Å². The van der Waals surface area contributed by atoms with Gasteiger partial charge in [0.1, 0.15) is 22.8 Å². The number of ether oxygens (including phenoxy) is 1. The summed E-state index contributed by atoms with van der Waals surface area (Å²) in [6.07, 6.45) is 3.72. The van der Waals surface area contributed by atoms with E-state index in [1.165, 1.54) is 6.92 Å². The summed E-state index contributed by atoms with van der Waals surface area (Å²) in [7, 11) is 1.95. The van der Waals surface area contributed by atoms with Crippen LogP contribution in [0.5, 0.6) is 0 Å². The third-order valence-electron chi connectivity index (χ3n) is 9.88. The number of nitrogens with one attached hydrogen (secondary N) is 3. The van der Waals surface area contributed by atoms with Crippen LogP contribution >= 0.6 is 11.3 Å². The molecule has 0 saturated carbocycles. The van der Waals surface area contributed by atoms with Crippen molar-refractivity contribution < 1.29 is 33.8 Å². The fraction of sp³-hybridized carbons (Fsp3) is 0.641. The lowest BCUT2D eigenvalue weighted by Gasteiger charge is -2.40. The maximum Gasteiger partial charge on any atom is 0.303 e. The molecule has 0 radical (unpaired) electrons. The van der Waals surface area contributed by atoms with E-state index in [1.807, 2.05) is 76.9 Å². The van der Waals surface area contributed by atoms with Crippen LogP contribution < -0.4 is 16.0 Å². The molecule has 14 heteroatoms. The first-order valence-corrected chi connectivity index (χ1v) is 19.9. The van der Waals surface area contributed by atoms with Gasteiger partial charge in [-0.3, -0.25) is 28.9 Å². The van der Waals surface area contributed by atoms with Crippen molar-refractivity contribution in [1.82, 2.24) is 30.7 Å². The first-order valence-electron chi connectivity index (χ1n) is 19.0. The van der Waals surface area contributed by atoms with E-state index >= 15 is 0 Å². The smallest absolute Gasteiger partial charge is 0.303 e. The van der Waals surface area contributed by atoms with Crippen LogP contribution in [0.2, 0.25) is 0 Å². The van der Waals surface area contributed by atoms with E-state index in [4.69, 9.17) is 4.74 Å². The van der Waals surface area contributed by atoms with Crippen molar-refractivity contribution in [3.05, 3.63) is 52.0 Å². The number of amides is 4. The first-order chi connectivity index (χ1) is 25.3. The van der Waals surface area contributed by atoms with Gasteiger partial charge in [0.25, 0.3) is 5.91 Å². The predicted molar refractivity (Wildman–Crippen MR) is 205 cm³/mol. The van der Waals surface area contributed by atoms with Crippen LogP contribution in [0, 0.1) is 11.8 Å². The molecule has 1 aliphatic rings. The number of likely N-dealkylation sites (N-methyl/N-ethyl adjacent to an activating group) is 1. The summed E-state index contributed by atoms with van der Waals surface area (Å²) in [5, 5.41) is 19.7. The van der Waals surface area contributed by atoms with E-state index in [9.17, 15) is 29.1 Å². The Morgan fingerprint density at radius 2 is 1.79 bits per heavy atom. The number of hydrogen-bond donors (Lipinski definition) is 4. The normalized spacial score (nSPS) is 17.6. The molecule has 3 rings (SSSR count). The lowest BCUT2D eigenvalue weighted by Crippen LogP contribution is -2.58. The van der Waals surface area contributed by atoms with Crippen molar-refractivity contribution in [1.29, 1.82) is 0 Å². The van der Waals surface area contributed by atoms with Gasteiger partial charge in [-0.15, -0.1) is 11.3 Å². The van der Waals surface area contributed by atoms with Gasteiger partial charge in [-0.1, -0.05) is 77.8 Å². The molecule has 4 amide bonds. The van der Waals surface area contributed by atoms with Crippen molar-refractivity contribution in [2.75, 3.05) is 33.3 Å². The maximum atomic E-state index is 14.5. The van der Waals surface area contributed by atoms with Gasteiger partial charge in [0, 0.05) is 44.3 Å². The lowest BCUT2D eigenvalue weighted by molar-refractivity contribution is -0.149. The van der Waals surface area contributed by atoms with Gasteiger partial charge in [0.05, 0.1) is 12.6 Å². The van der Waals surface area contributed by atoms with Crippen molar-refractivity contribution in [3.63, 3.8) is 0 Å². The van der Waals surface area contributed by atoms with Crippen molar-refractivity contribution in [2.45, 2.75) is 117 Å². The highest BCUT2D eigenvalue weighted by atomic mass is 32.1. The average molecular weight is 757 g/mol. The number of carbonyl (C=O) groups excluding carboxylic acids is 5. The number of nitrogens with zero attached hydrogens (tertiary/aromatic N) is 3. The van der Waals surface area contributed by atoms with Gasteiger partial charge < -0.3 is 30.7 Å². The molecule has 53 heavy (non-hydrogen) atoms. The highest BCUT2D eigenvalue weighted by Gasteiger charge is 2.38. The highest BCUT2D eigenvalue weighted by Crippen LogP contribution is 2.32. The van der Waals surface area contributed by atoms with E-state index in [0.29, 0.717) is 24.4 Å². The molecule has 1 aromatic heterocycles. The highest BCUT2D eigenvalue weighted by molar-refractivity contribution is 7.09. The van der Waals surface area contributed by atoms with Crippen LogP contribution in [-0.2, 0) is 30.3 Å². The van der Waals surface area contributed by atoms with Crippen LogP contribution in [0.1, 0.15) is 107 Å². The van der Waals surface area contributed by atoms with E-state index in [0.717, 1.165) is 42.7 Å². The summed E-state index contributed by atoms with van der Waals surface area (Å²) in [5.74, 6) is -2.02. The Morgan fingerprint density at radius 1 is 1.08 bits per heavy atom. The van der Waals surface area contributed by atoms with Crippen LogP contribution in [0.15, 0.2) is 35.7 Å². The van der Waals surface area contributed by atoms with Crippen molar-refractivity contribution in [3.8, 4) is 0 Å². The third-order valence-corrected chi connectivity index (χ3v) is 10.8. The summed E-state index contributed by atoms with van der Waals surface area (Å²) in [6.45, 7) is 12.4. The molecule has 2 aromatic rings. The van der Waals surface area contributed by atoms with Gasteiger partial charge in [0.2, 0.25) is 17.7 Å². The number of aromatic nitrogens is 1. The van der Waals surface area contributed by atoms with E-state index in [-0.39, 0.29) is 67.4 Å². The third kappa shape index (κ3) is 12.9. The monoisotopic (exact) mass is 756 g/mol. The topological polar surface area (TPSA) is 170 Å². The minimum atomic E-state index is -0.928. The van der Waals surface area contributed by atoms with Crippen LogP contribution in [0.4, 0.5) is 0 Å². The van der Waals surface area contributed by atoms with E-state index in [2.05, 4.69) is 25.8 Å². The van der Waals surface area contributed by atoms with Gasteiger partial charge in [-0.05, 0) is 50.3 Å². The molecule has 1 fully saturated rings. The number of thiazole rings is 1. The molecule has 1 aromatic carbocycles. The summed E-state index contributed by atoms with van der Waals surface area (Å²) in [6, 6.07) is 6.94. The summed E-state index contributed by atoms with van der Waals surface area (Å²) in [4.78, 5) is 75.5. The summed E-state index contributed by atoms with van der Waals surface area (Å²) in [5.41, 5.74) is 0.901. The molecule has 4 N–H and O–H groups in total. The zero-order valence-corrected chi connectivity index (χ0v) is 33.2. The molecule has 1 saturated heterocycles. The Bertz CT molecular complexity index is 1490. The molecule has 0 aliphatic carbocycles. The molecule has 1 aliphatic heterocycles. The molecule has 13 nitrogen and oxygen atoms in total. The minimum Gasteiger partial charge on any atom is -0.455 e. The lowest BCUT2D eigenvalue weighted by atomic mass is 9.92. The zero-order chi connectivity index (χ0) is 39.1. The quantitative estimate of drug-likeness (QED) is 0.147. The van der Waals surface area contributed by atoms with Gasteiger partial charge >= 0.3 is 5.97 Å². The number of hydrogen-bond acceptors (Lipinski definition) is 10. The number of esters is 1. The number of aliphatic hydroxyl groups excluding tert-OH is 1. The molecular formula is C39H60N6O7S. The van der Waals surface area contributed by atoms with Gasteiger partial charge in [-0.25, -0.2) is 4.98 Å². The SMILES string of the molecule is CCCN(C(=O)[C@@H](NC(=O)[C@H]1CCCCN1C)[C@@H](C)CC)[C@H](C[C@@H](OC(C)=O)c1nc(C(=O)N[C@@H](Cc2ccccc2)C(=O)NCCO)cs1)C(C)C. The number of aliphatic hydroxyl groups is 1. The van der Waals surface area contributed by atoms with E-state index < -0.39 is 36.0 Å². The summed E-state index contributed by atoms with van der Waals surface area (Å²) >= 11 is 1.16. The molecule has 0 unspecified atom stereocenters. The number of rotatable bonds is 20. The Morgan fingerprint density at radius 3 is 2.40 bits per heavy atom. The second-order valence-electron chi connectivity index (χ2n) is 14.3. The Balaban J connectivity index is 1.87. The number of piperidine rings is 1. The molecule has 0 bridgehead atoms. The molecule has 6 atom stereocenters. The Labute approximate surface area is 318 Å². The Kier molecular flexibility index (Phi) is 17.8. The average Bonchev–Trinajstić information content (AvgIpc) is 3.64. The largest absolute Gasteiger partial charge is 0.455 e. The van der Waals surface area contributed by atoms with Gasteiger partial charge in [0.15, 0.2) is 6.10 Å². The zero-order valence-electron chi connectivity index (χ0n) is 32.4. The number of benzene rings is 1. The maximum absolute atomic E-state index is 14.5. The Hall–Kier alpha value is -3.88. The standard InChI is InChI=1S/C39H60N6O7S/c1-8-19-45(39(51)34(26(5)9-2)43-37(50)31-17-13-14-20-44(31)7)32(25(3)4)23-33(52-27(6)47)38-42-30(24-53-38)36(49)41-29(35(48)40-18-21-46)22-28-15-11-10-12-16-28/h10-12,15-16,24-26,29,31-34,46H,8-9,13-14,17-23H2,1-7H3,(H,40,48)(H,41,49)(H,43,50)/t26-,29-,31+,32+,33+,34-/m0/s1. The van der Waals surface area contributed by atoms with E-state index in [1.54, 1.807) is 5.38 Å². The summed E-state index contributed by atoms with van der Waals surface area (Å²) < 4.78 is 5.82. The fourth-order valence-corrected chi connectivity index (χ4v) is 7.55. The van der Waals surface area contributed by atoms with Crippen molar-refractivity contribution in [2.24, 2.45) is 11.8 Å². The second kappa shape index (κ2) is 21.7. The molecular weight excluding hydrogens is 697 g/mol. The number of likely N-dealkylation sites (tertiary alicyclic amines) is 1. The van der Waals surface area contributed by atoms with Crippen molar-refractivity contribution >= 4 is 40.9 Å². The second-order valence-corrected chi connectivity index (χ2v) is 15.2. The molecule has 294 valence electrons. The minimum absolute atomic E-state index is 0.0435. The predicted octanol–water partition coefficient (Wildman–Crippen LogP) is 3.87. The first kappa shape index (κ1) is 43.5. The fourth-order valence-electron chi connectivity index (χ4n) is 6.71. The molecule has 2 heterocycles. The van der Waals surface area contributed by atoms with Crippen LogP contribution in [0.25, 0.3) is 0 Å². The number of carbonyl (C=O) groups is 5. The van der Waals surface area contributed by atoms with Crippen LogP contribution in [-0.4, -0.2) is 107 Å². The van der Waals surface area contributed by atoms with Gasteiger partial charge in [-0.2, -0.15) is 0 Å². The molecule has 0 spiro atoms.